The topological polar surface area (TPSA) is 92.5 Å². The molecule has 0 aliphatic carbocycles. The van der Waals surface area contributed by atoms with Crippen molar-refractivity contribution < 1.29 is 0 Å². The average molecular weight is 495 g/mol. The molecule has 1 unspecified atom stereocenters. The van der Waals surface area contributed by atoms with Crippen molar-refractivity contribution in [1.82, 2.24) is 25.5 Å². The van der Waals surface area contributed by atoms with Crippen LogP contribution in [0.25, 0.3) is 10.2 Å². The van der Waals surface area contributed by atoms with Gasteiger partial charge < -0.3 is 15.1 Å². The fraction of sp³-hybridized carbons (Fsp3) is 0.417. The number of benzene rings is 1. The van der Waals surface area contributed by atoms with E-state index in [9.17, 15) is 5.26 Å². The molecule has 5 rings (SSSR count). The second kappa shape index (κ2) is 9.74. The van der Waals surface area contributed by atoms with Gasteiger partial charge in [0.25, 0.3) is 0 Å². The molecule has 0 saturated carbocycles. The van der Waals surface area contributed by atoms with Crippen LogP contribution in [0.2, 0.25) is 5.28 Å². The summed E-state index contributed by atoms with van der Waals surface area (Å²) in [5.41, 5.74) is 4.34. The number of aromatic nitrogens is 2. The zero-order chi connectivity index (χ0) is 23.7. The first-order valence-electron chi connectivity index (χ1n) is 11.5. The van der Waals surface area contributed by atoms with Gasteiger partial charge in [-0.05, 0) is 59.1 Å². The summed E-state index contributed by atoms with van der Waals surface area (Å²) >= 11 is 7.88. The van der Waals surface area contributed by atoms with Crippen molar-refractivity contribution in [3.63, 3.8) is 0 Å². The van der Waals surface area contributed by atoms with Crippen molar-refractivity contribution in [2.24, 2.45) is 10.9 Å². The van der Waals surface area contributed by atoms with Crippen LogP contribution in [0.5, 0.6) is 0 Å². The molecule has 0 radical (unpaired) electrons. The first-order chi connectivity index (χ1) is 16.5. The van der Waals surface area contributed by atoms with Gasteiger partial charge in [-0.15, -0.1) is 11.3 Å². The van der Waals surface area contributed by atoms with Gasteiger partial charge in [0.05, 0.1) is 21.9 Å². The number of hydrogen-bond donors (Lipinski definition) is 2. The minimum absolute atomic E-state index is 0.137. The highest BCUT2D eigenvalue weighted by Crippen LogP contribution is 2.33. The van der Waals surface area contributed by atoms with Crippen LogP contribution in [0.15, 0.2) is 34.6 Å². The molecule has 4 heterocycles. The van der Waals surface area contributed by atoms with E-state index in [1.54, 1.807) is 11.3 Å². The number of aliphatic imine (C=N–C) groups is 1. The van der Waals surface area contributed by atoms with Crippen molar-refractivity contribution in [3.8, 4) is 6.19 Å². The van der Waals surface area contributed by atoms with E-state index in [1.807, 2.05) is 23.6 Å². The van der Waals surface area contributed by atoms with Crippen molar-refractivity contribution in [2.45, 2.75) is 32.9 Å². The molecule has 1 fully saturated rings. The summed E-state index contributed by atoms with van der Waals surface area (Å²) in [6.07, 6.45) is 3.04. The molecule has 3 aromatic rings. The molecule has 10 heteroatoms. The molecule has 176 valence electrons. The highest BCUT2D eigenvalue weighted by atomic mass is 35.5. The highest BCUT2D eigenvalue weighted by Gasteiger charge is 2.33. The Hall–Kier alpha value is -2.93. The number of hydrogen-bond acceptors (Lipinski definition) is 7. The maximum atomic E-state index is 9.54. The summed E-state index contributed by atoms with van der Waals surface area (Å²) in [6.45, 7) is 8.40. The minimum atomic E-state index is 0.137. The molecule has 2 N–H and O–H groups in total. The van der Waals surface area contributed by atoms with Gasteiger partial charge in [0, 0.05) is 26.2 Å². The van der Waals surface area contributed by atoms with E-state index in [2.05, 4.69) is 56.5 Å². The molecule has 34 heavy (non-hydrogen) atoms. The lowest BCUT2D eigenvalue weighted by atomic mass is 9.99. The maximum Gasteiger partial charge on any atom is 0.224 e. The van der Waals surface area contributed by atoms with E-state index in [4.69, 9.17) is 16.6 Å². The second-order valence-electron chi connectivity index (χ2n) is 8.92. The smallest absolute Gasteiger partial charge is 0.224 e. The fourth-order valence-corrected chi connectivity index (χ4v) is 5.83. The molecule has 2 aromatic heterocycles. The molecule has 0 spiro atoms. The van der Waals surface area contributed by atoms with Crippen LogP contribution >= 0.6 is 22.9 Å². The van der Waals surface area contributed by atoms with E-state index >= 15 is 0 Å². The third-order valence-electron chi connectivity index (χ3n) is 6.53. The van der Waals surface area contributed by atoms with Crippen molar-refractivity contribution in [3.05, 3.63) is 46.1 Å². The Balaban J connectivity index is 1.48. The van der Waals surface area contributed by atoms with Crippen LogP contribution in [0.1, 0.15) is 25.0 Å². The predicted octanol–water partition coefficient (Wildman–Crippen LogP) is 3.90. The van der Waals surface area contributed by atoms with Crippen LogP contribution in [-0.4, -0.2) is 53.0 Å². The predicted molar refractivity (Wildman–Crippen MR) is 138 cm³/mol. The Morgan fingerprint density at radius 1 is 1.32 bits per heavy atom. The second-order valence-corrected chi connectivity index (χ2v) is 10.2. The SMILES string of the molecule is CC(C)C1CN(c2nc(Cl)nc3ccsc23)CCN1C(=Nc1cccc2c1CCNC2)NC#N. The Morgan fingerprint density at radius 3 is 3.03 bits per heavy atom. The summed E-state index contributed by atoms with van der Waals surface area (Å²) < 4.78 is 1.05. The summed E-state index contributed by atoms with van der Waals surface area (Å²) in [5, 5.41) is 18.1. The number of piperazine rings is 1. The molecule has 1 saturated heterocycles. The van der Waals surface area contributed by atoms with Gasteiger partial charge in [-0.1, -0.05) is 26.0 Å². The van der Waals surface area contributed by atoms with Crippen molar-refractivity contribution >= 4 is 50.6 Å². The van der Waals surface area contributed by atoms with E-state index in [1.165, 1.54) is 11.1 Å². The van der Waals surface area contributed by atoms with E-state index in [0.29, 0.717) is 18.4 Å². The summed E-state index contributed by atoms with van der Waals surface area (Å²) in [7, 11) is 0. The third-order valence-corrected chi connectivity index (χ3v) is 7.60. The van der Waals surface area contributed by atoms with Gasteiger partial charge in [-0.25, -0.2) is 9.98 Å². The van der Waals surface area contributed by atoms with Gasteiger partial charge in [-0.3, -0.25) is 5.32 Å². The van der Waals surface area contributed by atoms with Crippen molar-refractivity contribution in [1.29, 1.82) is 5.26 Å². The quantitative estimate of drug-likeness (QED) is 0.187. The number of nitrogens with one attached hydrogen (secondary N) is 2. The van der Waals surface area contributed by atoms with Crippen LogP contribution in [0.4, 0.5) is 11.5 Å². The molecule has 2 aliphatic heterocycles. The minimum Gasteiger partial charge on any atom is -0.351 e. The Morgan fingerprint density at radius 2 is 2.21 bits per heavy atom. The Kier molecular flexibility index (Phi) is 6.55. The van der Waals surface area contributed by atoms with Gasteiger partial charge in [-0.2, -0.15) is 10.2 Å². The molecular formula is C24H27ClN8S. The lowest BCUT2D eigenvalue weighted by Gasteiger charge is -2.44. The summed E-state index contributed by atoms with van der Waals surface area (Å²) in [5.74, 6) is 1.82. The largest absolute Gasteiger partial charge is 0.351 e. The number of nitrogens with zero attached hydrogens (tertiary/aromatic N) is 6. The zero-order valence-corrected chi connectivity index (χ0v) is 20.8. The number of nitriles is 1. The molecule has 0 bridgehead atoms. The highest BCUT2D eigenvalue weighted by molar-refractivity contribution is 7.17. The number of fused-ring (bicyclic) bond motifs is 2. The number of halogens is 1. The molecular weight excluding hydrogens is 468 g/mol. The van der Waals surface area contributed by atoms with Crippen LogP contribution in [-0.2, 0) is 13.0 Å². The number of guanidine groups is 1. The molecule has 0 amide bonds. The Labute approximate surface area is 208 Å². The monoisotopic (exact) mass is 494 g/mol. The molecule has 8 nitrogen and oxygen atoms in total. The average Bonchev–Trinajstić information content (AvgIpc) is 3.31. The fourth-order valence-electron chi connectivity index (χ4n) is 4.82. The molecule has 1 aromatic carbocycles. The summed E-state index contributed by atoms with van der Waals surface area (Å²) in [4.78, 5) is 18.4. The lowest BCUT2D eigenvalue weighted by Crippen LogP contribution is -2.59. The summed E-state index contributed by atoms with van der Waals surface area (Å²) in [6, 6.07) is 8.34. The van der Waals surface area contributed by atoms with E-state index < -0.39 is 0 Å². The third kappa shape index (κ3) is 4.41. The van der Waals surface area contributed by atoms with Gasteiger partial charge in [0.2, 0.25) is 11.2 Å². The maximum absolute atomic E-state index is 9.54. The zero-order valence-electron chi connectivity index (χ0n) is 19.3. The first kappa shape index (κ1) is 22.8. The standard InChI is InChI=1S/C24H27ClN8S/c1-15(2)20-13-32(22-21-19(7-11-34-21)29-23(25)31-22)9-10-33(20)24(28-14-26)30-18-5-3-4-16-12-27-8-6-17(16)18/h3-5,7,11,15,20,27H,6,8-10,12-13H2,1-2H3,(H,28,30). The van der Waals surface area contributed by atoms with Crippen LogP contribution < -0.4 is 15.5 Å². The first-order valence-corrected chi connectivity index (χ1v) is 12.8. The normalized spacial score (nSPS) is 18.8. The van der Waals surface area contributed by atoms with Crippen molar-refractivity contribution in [2.75, 3.05) is 31.1 Å². The van der Waals surface area contributed by atoms with Crippen LogP contribution in [0, 0.1) is 17.4 Å². The lowest BCUT2D eigenvalue weighted by molar-refractivity contribution is 0.220. The number of anilines is 1. The molecule has 1 atom stereocenters. The van der Waals surface area contributed by atoms with Gasteiger partial charge in [0.15, 0.2) is 12.0 Å². The number of thiophene rings is 1. The van der Waals surface area contributed by atoms with E-state index in [0.717, 1.165) is 54.3 Å². The van der Waals surface area contributed by atoms with Gasteiger partial charge >= 0.3 is 0 Å². The molecule has 2 aliphatic rings. The Bertz CT molecular complexity index is 1260. The van der Waals surface area contributed by atoms with Crippen LogP contribution in [0.3, 0.4) is 0 Å². The number of rotatable bonds is 3. The van der Waals surface area contributed by atoms with Gasteiger partial charge in [0.1, 0.15) is 0 Å². The van der Waals surface area contributed by atoms with E-state index in [-0.39, 0.29) is 11.3 Å².